The van der Waals surface area contributed by atoms with Crippen LogP contribution in [0.3, 0.4) is 0 Å². The lowest BCUT2D eigenvalue weighted by Crippen LogP contribution is -2.35. The number of hydroxylamine groups is 2. The summed E-state index contributed by atoms with van der Waals surface area (Å²) in [5.74, 6) is -1.04. The first-order chi connectivity index (χ1) is 8.49. The van der Waals surface area contributed by atoms with Crippen LogP contribution in [0.15, 0.2) is 24.3 Å². The molecule has 1 aliphatic rings. The maximum Gasteiger partial charge on any atom is 0.350 e. The molecule has 0 radical (unpaired) electrons. The van der Waals surface area contributed by atoms with E-state index in [1.165, 1.54) is 11.9 Å². The second kappa shape index (κ2) is 4.83. The average Bonchev–Trinajstić information content (AvgIpc) is 2.55. The van der Waals surface area contributed by atoms with Crippen LogP contribution < -0.4 is 4.90 Å². The minimum absolute atomic E-state index is 0.293. The summed E-state index contributed by atoms with van der Waals surface area (Å²) in [5.41, 5.74) is 0.542. The molecule has 1 heterocycles. The van der Waals surface area contributed by atoms with Crippen LogP contribution in [0.25, 0.3) is 0 Å². The van der Waals surface area contributed by atoms with Crippen molar-refractivity contribution in [1.82, 2.24) is 5.06 Å². The molecule has 0 aromatic heterocycles. The van der Waals surface area contributed by atoms with E-state index < -0.39 is 18.2 Å². The lowest BCUT2D eigenvalue weighted by molar-refractivity contribution is -0.147. The molecule has 0 bridgehead atoms. The minimum atomic E-state index is -1.04. The minimum Gasteiger partial charge on any atom is -0.481 e. The number of anilines is 1. The molecule has 1 aromatic rings. The van der Waals surface area contributed by atoms with E-state index >= 15 is 0 Å². The highest BCUT2D eigenvalue weighted by Gasteiger charge is 2.39. The molecule has 2 rings (SSSR count). The molecule has 18 heavy (non-hydrogen) atoms. The van der Waals surface area contributed by atoms with Crippen LogP contribution in [0.4, 0.5) is 10.5 Å². The number of carboxylic acids is 1. The van der Waals surface area contributed by atoms with Crippen molar-refractivity contribution < 1.29 is 19.5 Å². The molecule has 1 fully saturated rings. The first kappa shape index (κ1) is 12.7. The highest BCUT2D eigenvalue weighted by atomic mass is 35.5. The molecule has 1 atom stereocenters. The Balaban J connectivity index is 2.29. The maximum absolute atomic E-state index is 11.9. The number of carbonyl (C=O) groups excluding carboxylic acids is 1. The van der Waals surface area contributed by atoms with Crippen LogP contribution >= 0.6 is 11.6 Å². The zero-order valence-electron chi connectivity index (χ0n) is 9.54. The Kier molecular flexibility index (Phi) is 3.40. The van der Waals surface area contributed by atoms with E-state index in [4.69, 9.17) is 21.5 Å². The third-order valence-electron chi connectivity index (χ3n) is 2.50. The monoisotopic (exact) mass is 270 g/mol. The number of hydrogen-bond acceptors (Lipinski definition) is 3. The molecule has 1 aromatic carbocycles. The summed E-state index contributed by atoms with van der Waals surface area (Å²) in [6.45, 7) is 0. The van der Waals surface area contributed by atoms with Crippen LogP contribution in [0.1, 0.15) is 6.42 Å². The molecule has 0 unspecified atom stereocenters. The van der Waals surface area contributed by atoms with Gasteiger partial charge in [-0.15, -0.1) is 0 Å². The zero-order valence-corrected chi connectivity index (χ0v) is 10.3. The van der Waals surface area contributed by atoms with Crippen molar-refractivity contribution in [3.8, 4) is 0 Å². The molecule has 0 aliphatic carbocycles. The van der Waals surface area contributed by atoms with E-state index in [9.17, 15) is 9.59 Å². The summed E-state index contributed by atoms with van der Waals surface area (Å²) >= 11 is 5.76. The molecule has 6 nitrogen and oxygen atoms in total. The van der Waals surface area contributed by atoms with Gasteiger partial charge in [-0.1, -0.05) is 11.6 Å². The van der Waals surface area contributed by atoms with Gasteiger partial charge in [-0.3, -0.25) is 9.69 Å². The van der Waals surface area contributed by atoms with Crippen LogP contribution in [-0.4, -0.2) is 35.4 Å². The Morgan fingerprint density at radius 3 is 2.61 bits per heavy atom. The fourth-order valence-electron chi connectivity index (χ4n) is 1.71. The second-order valence-electron chi connectivity index (χ2n) is 3.78. The van der Waals surface area contributed by atoms with Gasteiger partial charge in [0.25, 0.3) is 0 Å². The fourth-order valence-corrected chi connectivity index (χ4v) is 1.83. The van der Waals surface area contributed by atoms with E-state index in [-0.39, 0.29) is 6.42 Å². The smallest absolute Gasteiger partial charge is 0.350 e. The summed E-state index contributed by atoms with van der Waals surface area (Å²) in [6, 6.07) is 6.11. The quantitative estimate of drug-likeness (QED) is 0.911. The van der Waals surface area contributed by atoms with Gasteiger partial charge in [-0.05, 0) is 24.3 Å². The average molecular weight is 271 g/mol. The molecule has 0 spiro atoms. The van der Waals surface area contributed by atoms with Gasteiger partial charge in [0.2, 0.25) is 0 Å². The summed E-state index contributed by atoms with van der Waals surface area (Å²) in [7, 11) is 1.44. The Hall–Kier alpha value is -1.79. The molecule has 1 aliphatic heterocycles. The number of aliphatic carboxylic acids is 1. The van der Waals surface area contributed by atoms with Crippen molar-refractivity contribution in [2.45, 2.75) is 12.6 Å². The number of amides is 2. The lowest BCUT2D eigenvalue weighted by Gasteiger charge is -2.19. The van der Waals surface area contributed by atoms with Gasteiger partial charge in [0.1, 0.15) is 0 Å². The molecular weight excluding hydrogens is 260 g/mol. The molecular formula is C11H11ClN2O4. The normalized spacial score (nSPS) is 19.4. The highest BCUT2D eigenvalue weighted by Crippen LogP contribution is 2.27. The number of benzene rings is 1. The number of urea groups is 1. The predicted molar refractivity (Wildman–Crippen MR) is 64.2 cm³/mol. The Morgan fingerprint density at radius 2 is 2.06 bits per heavy atom. The SMILES string of the molecule is CN1O[C@H](CC(=O)O)N(c2ccc(Cl)cc2)C1=O. The third-order valence-corrected chi connectivity index (χ3v) is 2.75. The second-order valence-corrected chi connectivity index (χ2v) is 4.22. The largest absolute Gasteiger partial charge is 0.481 e. The van der Waals surface area contributed by atoms with Crippen LogP contribution in [-0.2, 0) is 9.63 Å². The van der Waals surface area contributed by atoms with Gasteiger partial charge in [0, 0.05) is 17.8 Å². The van der Waals surface area contributed by atoms with Crippen LogP contribution in [0.5, 0.6) is 0 Å². The predicted octanol–water partition coefficient (Wildman–Crippen LogP) is 1.94. The van der Waals surface area contributed by atoms with Crippen LogP contribution in [0, 0.1) is 0 Å². The maximum atomic E-state index is 11.9. The highest BCUT2D eigenvalue weighted by molar-refractivity contribution is 6.30. The first-order valence-corrected chi connectivity index (χ1v) is 5.58. The van der Waals surface area contributed by atoms with Gasteiger partial charge in [0.05, 0.1) is 6.42 Å². The van der Waals surface area contributed by atoms with Gasteiger partial charge in [-0.25, -0.2) is 14.7 Å². The Morgan fingerprint density at radius 1 is 1.44 bits per heavy atom. The van der Waals surface area contributed by atoms with E-state index in [2.05, 4.69) is 0 Å². The van der Waals surface area contributed by atoms with Gasteiger partial charge in [-0.2, -0.15) is 0 Å². The van der Waals surface area contributed by atoms with Crippen molar-refractivity contribution in [3.63, 3.8) is 0 Å². The van der Waals surface area contributed by atoms with Crippen molar-refractivity contribution in [2.24, 2.45) is 0 Å². The fraction of sp³-hybridized carbons (Fsp3) is 0.273. The summed E-state index contributed by atoms with van der Waals surface area (Å²) in [6.07, 6.45) is -1.14. The number of rotatable bonds is 3. The number of halogens is 1. The Bertz CT molecular complexity index is 476. The standard InChI is InChI=1S/C11H11ClN2O4/c1-13-11(17)14(9(18-13)6-10(15)16)8-4-2-7(12)3-5-8/h2-5,9H,6H2,1H3,(H,15,16)/t9-/m1/s1. The molecule has 1 N–H and O–H groups in total. The topological polar surface area (TPSA) is 70.1 Å². The van der Waals surface area contributed by atoms with Crippen molar-refractivity contribution in [2.75, 3.05) is 11.9 Å². The molecule has 0 saturated carbocycles. The number of carboxylic acid groups (broad SMARTS) is 1. The number of hydrogen-bond donors (Lipinski definition) is 1. The van der Waals surface area contributed by atoms with Gasteiger partial charge >= 0.3 is 12.0 Å². The number of carbonyl (C=O) groups is 2. The Labute approximate surface area is 108 Å². The summed E-state index contributed by atoms with van der Waals surface area (Å²) < 4.78 is 0. The first-order valence-electron chi connectivity index (χ1n) is 5.20. The van der Waals surface area contributed by atoms with E-state index in [0.29, 0.717) is 10.7 Å². The molecule has 2 amide bonds. The van der Waals surface area contributed by atoms with Crippen molar-refractivity contribution in [1.29, 1.82) is 0 Å². The molecule has 1 saturated heterocycles. The third kappa shape index (κ3) is 2.39. The van der Waals surface area contributed by atoms with Crippen molar-refractivity contribution >= 4 is 29.3 Å². The molecule has 7 heteroatoms. The van der Waals surface area contributed by atoms with Crippen molar-refractivity contribution in [3.05, 3.63) is 29.3 Å². The summed E-state index contributed by atoms with van der Waals surface area (Å²) in [4.78, 5) is 29.1. The van der Waals surface area contributed by atoms with E-state index in [1.54, 1.807) is 24.3 Å². The van der Waals surface area contributed by atoms with Gasteiger partial charge in [0.15, 0.2) is 6.23 Å². The van der Waals surface area contributed by atoms with E-state index in [1.807, 2.05) is 0 Å². The van der Waals surface area contributed by atoms with Gasteiger partial charge < -0.3 is 5.11 Å². The zero-order chi connectivity index (χ0) is 13.3. The van der Waals surface area contributed by atoms with Crippen LogP contribution in [0.2, 0.25) is 5.02 Å². The lowest BCUT2D eigenvalue weighted by atomic mass is 10.2. The number of nitrogens with zero attached hydrogens (tertiary/aromatic N) is 2. The van der Waals surface area contributed by atoms with E-state index in [0.717, 1.165) is 5.06 Å². The summed E-state index contributed by atoms with van der Waals surface area (Å²) in [5, 5.41) is 10.4. The molecule has 96 valence electrons.